The van der Waals surface area contributed by atoms with Crippen molar-refractivity contribution in [3.05, 3.63) is 90.7 Å². The minimum absolute atomic E-state index is 0.218. The Kier molecular flexibility index (Phi) is 9.53. The van der Waals surface area contributed by atoms with Crippen LogP contribution in [-0.4, -0.2) is 33.3 Å². The lowest BCUT2D eigenvalue weighted by Crippen LogP contribution is -2.30. The molecule has 0 aliphatic carbocycles. The van der Waals surface area contributed by atoms with Crippen molar-refractivity contribution < 1.29 is 4.39 Å². The lowest BCUT2D eigenvalue weighted by molar-refractivity contribution is 0.576. The Morgan fingerprint density at radius 1 is 1.15 bits per heavy atom. The Morgan fingerprint density at radius 2 is 1.93 bits per heavy atom. The molecule has 0 spiro atoms. The Balaban J connectivity index is 1.63. The summed E-state index contributed by atoms with van der Waals surface area (Å²) in [6.07, 6.45) is 17.2. The molecule has 1 fully saturated rings. The zero-order valence-electron chi connectivity index (χ0n) is 23.9. The second-order valence-electron chi connectivity index (χ2n) is 10.1. The van der Waals surface area contributed by atoms with Gasteiger partial charge in [-0.2, -0.15) is 5.10 Å². The summed E-state index contributed by atoms with van der Waals surface area (Å²) in [5.41, 5.74) is 6.82. The van der Waals surface area contributed by atoms with E-state index in [1.54, 1.807) is 18.5 Å². The van der Waals surface area contributed by atoms with Gasteiger partial charge in [0.2, 0.25) is 0 Å². The van der Waals surface area contributed by atoms with Crippen LogP contribution < -0.4 is 15.5 Å². The summed E-state index contributed by atoms with van der Waals surface area (Å²) in [4.78, 5) is 11.3. The first-order valence-electron chi connectivity index (χ1n) is 14.0. The maximum atomic E-state index is 16.1. The van der Waals surface area contributed by atoms with Gasteiger partial charge in [0.1, 0.15) is 11.4 Å². The largest absolute Gasteiger partial charge is 0.370 e. The van der Waals surface area contributed by atoms with Crippen LogP contribution in [0.15, 0.2) is 67.9 Å². The highest BCUT2D eigenvalue weighted by Gasteiger charge is 2.21. The third-order valence-electron chi connectivity index (χ3n) is 7.27. The molecule has 210 valence electrons. The van der Waals surface area contributed by atoms with Crippen LogP contribution in [0, 0.1) is 12.7 Å². The number of fused-ring (bicyclic) bond motifs is 1. The minimum Gasteiger partial charge on any atom is -0.370 e. The van der Waals surface area contributed by atoms with E-state index in [0.29, 0.717) is 27.9 Å². The lowest BCUT2D eigenvalue weighted by Gasteiger charge is -2.30. The van der Waals surface area contributed by atoms with E-state index in [4.69, 9.17) is 0 Å². The van der Waals surface area contributed by atoms with Crippen molar-refractivity contribution >= 4 is 33.5 Å². The van der Waals surface area contributed by atoms with Crippen LogP contribution in [0.2, 0.25) is 0 Å². The van der Waals surface area contributed by atoms with Crippen molar-refractivity contribution in [2.24, 2.45) is 0 Å². The maximum Gasteiger partial charge on any atom is 0.161 e. The molecule has 7 nitrogen and oxygen atoms in total. The topological polar surface area (TPSA) is 81.8 Å². The quantitative estimate of drug-likeness (QED) is 0.204. The molecule has 1 aliphatic rings. The van der Waals surface area contributed by atoms with Gasteiger partial charge in [-0.05, 0) is 63.7 Å². The summed E-state index contributed by atoms with van der Waals surface area (Å²) in [5.74, 6) is -0.473. The van der Waals surface area contributed by atoms with Gasteiger partial charge in [0.25, 0.3) is 0 Å². The first kappa shape index (κ1) is 28.8. The molecule has 3 aromatic rings. The van der Waals surface area contributed by atoms with E-state index in [2.05, 4.69) is 69.3 Å². The van der Waals surface area contributed by atoms with Crippen molar-refractivity contribution in [1.82, 2.24) is 25.5 Å². The van der Waals surface area contributed by atoms with Crippen LogP contribution >= 0.6 is 0 Å². The fourth-order valence-electron chi connectivity index (χ4n) is 4.97. The summed E-state index contributed by atoms with van der Waals surface area (Å²) in [7, 11) is 0. The van der Waals surface area contributed by atoms with E-state index >= 15 is 4.39 Å². The molecular weight excluding hydrogens is 501 g/mol. The first-order valence-corrected chi connectivity index (χ1v) is 14.0. The monoisotopic (exact) mass is 541 g/mol. The zero-order chi connectivity index (χ0) is 28.6. The molecule has 4 heterocycles. The van der Waals surface area contributed by atoms with Crippen LogP contribution in [0.4, 0.5) is 15.8 Å². The van der Waals surface area contributed by atoms with Crippen molar-refractivity contribution in [2.45, 2.75) is 59.3 Å². The molecule has 0 unspecified atom stereocenters. The van der Waals surface area contributed by atoms with Crippen LogP contribution in [-0.2, 0) is 0 Å². The second kappa shape index (κ2) is 13.2. The van der Waals surface area contributed by atoms with Gasteiger partial charge in [0, 0.05) is 30.1 Å². The van der Waals surface area contributed by atoms with Crippen molar-refractivity contribution in [3.63, 3.8) is 0 Å². The third-order valence-corrected chi connectivity index (χ3v) is 7.27. The maximum absolute atomic E-state index is 16.1. The smallest absolute Gasteiger partial charge is 0.161 e. The Bertz CT molecular complexity index is 1460. The molecule has 0 radical (unpaired) electrons. The number of hydrogen-bond donors (Lipinski definition) is 3. The normalized spacial score (nSPS) is 14.3. The van der Waals surface area contributed by atoms with Gasteiger partial charge in [-0.25, -0.2) is 4.39 Å². The predicted molar refractivity (Wildman–Crippen MR) is 165 cm³/mol. The number of pyridine rings is 2. The summed E-state index contributed by atoms with van der Waals surface area (Å²) >= 11 is 0. The summed E-state index contributed by atoms with van der Waals surface area (Å²) in [6.45, 7) is 20.3. The highest BCUT2D eigenvalue weighted by molar-refractivity contribution is 5.95. The number of allylic oxidation sites excluding steroid dienone is 5. The SMILES string of the molecule is C=C/C(=C\C(=C/C)c1ncc2[nH]nc(C(=C)Nc3cncc(N4CCCCC4)c3C)c2c1F)NC(=C)CCCC. The molecular formula is C32H40FN7. The van der Waals surface area contributed by atoms with Crippen molar-refractivity contribution in [3.8, 4) is 0 Å². The van der Waals surface area contributed by atoms with Gasteiger partial charge in [0.15, 0.2) is 5.82 Å². The zero-order valence-corrected chi connectivity index (χ0v) is 23.9. The minimum atomic E-state index is -0.473. The predicted octanol–water partition coefficient (Wildman–Crippen LogP) is 7.64. The van der Waals surface area contributed by atoms with E-state index in [9.17, 15) is 0 Å². The fraction of sp³-hybridized carbons (Fsp3) is 0.344. The van der Waals surface area contributed by atoms with Crippen molar-refractivity contribution in [1.29, 1.82) is 0 Å². The molecule has 3 N–H and O–H groups in total. The van der Waals surface area contributed by atoms with Crippen LogP contribution in [0.5, 0.6) is 0 Å². The van der Waals surface area contributed by atoms with E-state index in [-0.39, 0.29) is 5.69 Å². The number of nitrogens with zero attached hydrogens (tertiary/aromatic N) is 4. The van der Waals surface area contributed by atoms with E-state index < -0.39 is 5.82 Å². The van der Waals surface area contributed by atoms with E-state index in [1.165, 1.54) is 19.3 Å². The molecule has 4 rings (SSSR count). The standard InChI is InChI=1S/C32H40FN7/c1-7-10-14-21(4)36-25(9-3)17-24(8-2)32-30(33)29-27(19-35-32)38-39-31(29)23(6)37-26-18-34-20-28(22(26)5)40-15-12-11-13-16-40/h8-9,17-20,36-37H,3-4,6-7,10-16H2,1-2,5H3,(H,38,39)/b24-8+,25-17+. The summed E-state index contributed by atoms with van der Waals surface area (Å²) in [5, 5.41) is 14.2. The number of aromatic nitrogens is 4. The highest BCUT2D eigenvalue weighted by Crippen LogP contribution is 2.32. The number of unbranched alkanes of at least 4 members (excludes halogenated alkanes) is 1. The van der Waals surface area contributed by atoms with E-state index in [0.717, 1.165) is 60.7 Å². The Morgan fingerprint density at radius 3 is 2.62 bits per heavy atom. The third kappa shape index (κ3) is 6.33. The number of halogens is 1. The molecule has 40 heavy (non-hydrogen) atoms. The van der Waals surface area contributed by atoms with Gasteiger partial charge >= 0.3 is 0 Å². The molecule has 0 saturated carbocycles. The van der Waals surface area contributed by atoms with Crippen molar-refractivity contribution in [2.75, 3.05) is 23.3 Å². The number of rotatable bonds is 12. The molecule has 0 bridgehead atoms. The van der Waals surface area contributed by atoms with Gasteiger partial charge in [-0.15, -0.1) is 0 Å². The van der Waals surface area contributed by atoms with Gasteiger partial charge in [-0.1, -0.05) is 39.2 Å². The molecule has 0 aromatic carbocycles. The lowest BCUT2D eigenvalue weighted by atomic mass is 10.1. The number of aromatic amines is 1. The molecule has 3 aromatic heterocycles. The van der Waals surface area contributed by atoms with E-state index in [1.807, 2.05) is 25.3 Å². The number of hydrogen-bond acceptors (Lipinski definition) is 6. The number of anilines is 2. The van der Waals surface area contributed by atoms with Gasteiger partial charge in [0.05, 0.1) is 46.6 Å². The number of H-pyrrole nitrogens is 1. The molecule has 1 aliphatic heterocycles. The molecule has 0 atom stereocenters. The summed E-state index contributed by atoms with van der Waals surface area (Å²) in [6, 6.07) is 0. The average Bonchev–Trinajstić information content (AvgIpc) is 3.41. The van der Waals surface area contributed by atoms with Crippen LogP contribution in [0.25, 0.3) is 22.2 Å². The second-order valence-corrected chi connectivity index (χ2v) is 10.1. The highest BCUT2D eigenvalue weighted by atomic mass is 19.1. The number of piperidine rings is 1. The molecule has 1 saturated heterocycles. The van der Waals surface area contributed by atoms with Gasteiger partial charge < -0.3 is 15.5 Å². The fourth-order valence-corrected chi connectivity index (χ4v) is 4.97. The Labute approximate surface area is 236 Å². The summed E-state index contributed by atoms with van der Waals surface area (Å²) < 4.78 is 16.1. The molecule has 0 amide bonds. The molecule has 8 heteroatoms. The van der Waals surface area contributed by atoms with Crippen LogP contribution in [0.1, 0.15) is 69.3 Å². The first-order chi connectivity index (χ1) is 19.4. The van der Waals surface area contributed by atoms with Gasteiger partial charge in [-0.3, -0.25) is 15.1 Å². The Hall–Kier alpha value is -4.20. The van der Waals surface area contributed by atoms with Crippen LogP contribution in [0.3, 0.4) is 0 Å². The number of nitrogens with one attached hydrogen (secondary N) is 3. The average molecular weight is 542 g/mol.